The predicted octanol–water partition coefficient (Wildman–Crippen LogP) is 1.97. The topological polar surface area (TPSA) is 72.8 Å². The minimum Gasteiger partial charge on any atom is -0.438 e. The smallest absolute Gasteiger partial charge is 0.273 e. The van der Waals surface area contributed by atoms with Gasteiger partial charge in [0.25, 0.3) is 5.91 Å². The highest BCUT2D eigenvalue weighted by atomic mass is 16.6. The number of nitrogens with one attached hydrogen (secondary N) is 1. The van der Waals surface area contributed by atoms with Crippen LogP contribution in [0, 0.1) is 0 Å². The van der Waals surface area contributed by atoms with E-state index in [9.17, 15) is 4.79 Å². The predicted molar refractivity (Wildman–Crippen MR) is 78.4 cm³/mol. The molecule has 1 amide bonds. The maximum atomic E-state index is 11.9. The van der Waals surface area contributed by atoms with E-state index in [0.29, 0.717) is 11.3 Å². The first-order chi connectivity index (χ1) is 10.3. The van der Waals surface area contributed by atoms with Crippen LogP contribution in [0.4, 0.5) is 0 Å². The van der Waals surface area contributed by atoms with Crippen molar-refractivity contribution in [1.82, 2.24) is 10.3 Å². The van der Waals surface area contributed by atoms with Gasteiger partial charge in [0.1, 0.15) is 12.9 Å². The van der Waals surface area contributed by atoms with E-state index in [2.05, 4.69) is 15.5 Å². The van der Waals surface area contributed by atoms with Crippen molar-refractivity contribution in [3.63, 3.8) is 0 Å². The second-order valence-electron chi connectivity index (χ2n) is 3.97. The fourth-order valence-electron chi connectivity index (χ4n) is 1.68. The second kappa shape index (κ2) is 7.04. The summed E-state index contributed by atoms with van der Waals surface area (Å²) in [4.78, 5) is 20.8. The Hall–Kier alpha value is -2.89. The molecule has 0 saturated heterocycles. The third-order valence-corrected chi connectivity index (χ3v) is 2.61. The number of hydrogen-bond donors (Lipinski definition) is 1. The molecule has 1 aromatic carbocycles. The molecule has 108 valence electrons. The zero-order chi connectivity index (χ0) is 15.1. The van der Waals surface area contributed by atoms with Gasteiger partial charge in [-0.05, 0) is 24.3 Å². The van der Waals surface area contributed by atoms with E-state index < -0.39 is 0 Å². The van der Waals surface area contributed by atoms with Gasteiger partial charge in [0, 0.05) is 13.2 Å². The molecule has 0 aliphatic heterocycles. The molecule has 1 N–H and O–H groups in total. The Bertz CT molecular complexity index is 642. The summed E-state index contributed by atoms with van der Waals surface area (Å²) in [6.07, 6.45) is 1.58. The van der Waals surface area contributed by atoms with Crippen molar-refractivity contribution in [2.45, 2.75) is 0 Å². The molecule has 0 atom stereocenters. The molecule has 1 aromatic heterocycles. The van der Waals surface area contributed by atoms with Crippen LogP contribution in [0.3, 0.4) is 0 Å². The lowest BCUT2D eigenvalue weighted by Gasteiger charge is -2.10. The van der Waals surface area contributed by atoms with Crippen LogP contribution in [0.25, 0.3) is 0 Å². The van der Waals surface area contributed by atoms with Gasteiger partial charge < -0.3 is 14.9 Å². The van der Waals surface area contributed by atoms with Crippen molar-refractivity contribution in [2.24, 2.45) is 5.16 Å². The Morgan fingerprint density at radius 3 is 2.62 bits per heavy atom. The number of ether oxygens (including phenoxy) is 1. The lowest BCUT2D eigenvalue weighted by atomic mass is 10.1. The number of carbonyl (C=O) groups is 1. The number of para-hydroxylation sites is 1. The molecule has 21 heavy (non-hydrogen) atoms. The highest BCUT2D eigenvalue weighted by Gasteiger charge is 2.19. The number of rotatable bonds is 5. The second-order valence-corrected chi connectivity index (χ2v) is 3.97. The van der Waals surface area contributed by atoms with Gasteiger partial charge in [-0.1, -0.05) is 23.4 Å². The Balaban J connectivity index is 2.40. The lowest BCUT2D eigenvalue weighted by Crippen LogP contribution is -2.29. The summed E-state index contributed by atoms with van der Waals surface area (Å²) in [6.45, 7) is 0. The third-order valence-electron chi connectivity index (χ3n) is 2.61. The van der Waals surface area contributed by atoms with E-state index in [1.54, 1.807) is 30.5 Å². The maximum Gasteiger partial charge on any atom is 0.273 e. The van der Waals surface area contributed by atoms with Crippen LogP contribution >= 0.6 is 0 Å². The average molecular weight is 285 g/mol. The van der Waals surface area contributed by atoms with E-state index in [0.717, 1.165) is 0 Å². The Morgan fingerprint density at radius 2 is 1.95 bits per heavy atom. The number of amides is 1. The van der Waals surface area contributed by atoms with Crippen LogP contribution in [0.15, 0.2) is 53.8 Å². The van der Waals surface area contributed by atoms with E-state index in [1.807, 2.05) is 18.2 Å². The van der Waals surface area contributed by atoms with Gasteiger partial charge in [0.15, 0.2) is 5.71 Å². The molecule has 0 aliphatic rings. The minimum absolute atomic E-state index is 0.0963. The van der Waals surface area contributed by atoms with Gasteiger partial charge in [-0.25, -0.2) is 4.98 Å². The van der Waals surface area contributed by atoms with E-state index >= 15 is 0 Å². The summed E-state index contributed by atoms with van der Waals surface area (Å²) in [5.74, 6) is 0.511. The minimum atomic E-state index is -0.386. The molecule has 2 aromatic rings. The van der Waals surface area contributed by atoms with Gasteiger partial charge in [-0.15, -0.1) is 0 Å². The molecule has 6 heteroatoms. The Morgan fingerprint density at radius 1 is 1.19 bits per heavy atom. The van der Waals surface area contributed by atoms with Crippen LogP contribution in [0.5, 0.6) is 11.6 Å². The first-order valence-corrected chi connectivity index (χ1v) is 6.27. The summed E-state index contributed by atoms with van der Waals surface area (Å²) in [5, 5.41) is 6.26. The summed E-state index contributed by atoms with van der Waals surface area (Å²) in [5.41, 5.74) is 0.543. The quantitative estimate of drug-likeness (QED) is 0.673. The molecule has 1 heterocycles. The molecule has 0 radical (unpaired) electrons. The van der Waals surface area contributed by atoms with Gasteiger partial charge in [0.2, 0.25) is 5.88 Å². The van der Waals surface area contributed by atoms with Crippen LogP contribution < -0.4 is 10.1 Å². The van der Waals surface area contributed by atoms with Crippen molar-refractivity contribution in [1.29, 1.82) is 0 Å². The molecular weight excluding hydrogens is 270 g/mol. The van der Waals surface area contributed by atoms with Crippen molar-refractivity contribution in [2.75, 3.05) is 14.2 Å². The molecule has 6 nitrogen and oxygen atoms in total. The highest BCUT2D eigenvalue weighted by molar-refractivity contribution is 6.45. The summed E-state index contributed by atoms with van der Waals surface area (Å²) in [6, 6.07) is 12.6. The number of pyridine rings is 1. The number of hydrogen-bond acceptors (Lipinski definition) is 5. The van der Waals surface area contributed by atoms with Gasteiger partial charge in [-0.2, -0.15) is 0 Å². The zero-order valence-corrected chi connectivity index (χ0v) is 11.7. The Kier molecular flexibility index (Phi) is 4.87. The van der Waals surface area contributed by atoms with Crippen LogP contribution in [-0.4, -0.2) is 30.8 Å². The first kappa shape index (κ1) is 14.5. The number of oxime groups is 1. The molecule has 0 spiro atoms. The van der Waals surface area contributed by atoms with Crippen LogP contribution in [-0.2, 0) is 9.63 Å². The van der Waals surface area contributed by atoms with E-state index in [1.165, 1.54) is 14.2 Å². The summed E-state index contributed by atoms with van der Waals surface area (Å²) >= 11 is 0. The van der Waals surface area contributed by atoms with Gasteiger partial charge >= 0.3 is 0 Å². The average Bonchev–Trinajstić information content (AvgIpc) is 2.54. The number of carbonyl (C=O) groups excluding carboxylic acids is 1. The Labute approximate surface area is 122 Å². The fraction of sp³-hybridized carbons (Fsp3) is 0.133. The van der Waals surface area contributed by atoms with Crippen LogP contribution in [0.1, 0.15) is 5.56 Å². The number of nitrogens with zero attached hydrogens (tertiary/aromatic N) is 2. The SMILES string of the molecule is CNC(=O)C(=NOC)c1cccnc1Oc1ccccc1. The van der Waals surface area contributed by atoms with Crippen molar-refractivity contribution in [3.8, 4) is 11.6 Å². The highest BCUT2D eigenvalue weighted by Crippen LogP contribution is 2.23. The monoisotopic (exact) mass is 285 g/mol. The molecular formula is C15H15N3O3. The molecule has 0 unspecified atom stereocenters. The first-order valence-electron chi connectivity index (χ1n) is 6.27. The number of likely N-dealkylation sites (N-methyl/N-ethyl adjacent to an activating group) is 1. The van der Waals surface area contributed by atoms with Crippen molar-refractivity contribution >= 4 is 11.6 Å². The standard InChI is InChI=1S/C15H15N3O3/c1-16-14(19)13(18-20-2)12-9-6-10-17-15(12)21-11-7-4-3-5-8-11/h3-10H,1-2H3,(H,16,19). The van der Waals surface area contributed by atoms with E-state index in [-0.39, 0.29) is 17.5 Å². The zero-order valence-electron chi connectivity index (χ0n) is 11.7. The van der Waals surface area contributed by atoms with Crippen LogP contribution in [0.2, 0.25) is 0 Å². The molecule has 2 rings (SSSR count). The van der Waals surface area contributed by atoms with Gasteiger partial charge in [-0.3, -0.25) is 4.79 Å². The normalized spacial score (nSPS) is 10.9. The number of benzene rings is 1. The van der Waals surface area contributed by atoms with E-state index in [4.69, 9.17) is 9.57 Å². The molecule has 0 fully saturated rings. The number of aromatic nitrogens is 1. The molecule has 0 bridgehead atoms. The van der Waals surface area contributed by atoms with Crippen molar-refractivity contribution in [3.05, 3.63) is 54.2 Å². The molecule has 0 saturated carbocycles. The fourth-order valence-corrected chi connectivity index (χ4v) is 1.68. The third kappa shape index (κ3) is 3.56. The summed E-state index contributed by atoms with van der Waals surface area (Å²) in [7, 11) is 2.89. The lowest BCUT2D eigenvalue weighted by molar-refractivity contribution is -0.114. The summed E-state index contributed by atoms with van der Waals surface area (Å²) < 4.78 is 5.70. The largest absolute Gasteiger partial charge is 0.438 e. The molecule has 0 aliphatic carbocycles. The maximum absolute atomic E-state index is 11.9. The van der Waals surface area contributed by atoms with Gasteiger partial charge in [0.05, 0.1) is 5.56 Å². The van der Waals surface area contributed by atoms with Crippen molar-refractivity contribution < 1.29 is 14.4 Å².